The monoisotopic (exact) mass is 346 g/mol. The van der Waals surface area contributed by atoms with E-state index in [1.165, 1.54) is 23.5 Å². The van der Waals surface area contributed by atoms with Gasteiger partial charge < -0.3 is 11.1 Å². The van der Waals surface area contributed by atoms with Crippen LogP contribution in [0, 0.1) is 16.0 Å². The lowest BCUT2D eigenvalue weighted by molar-refractivity contribution is -0.384. The number of non-ortho nitro benzene ring substituents is 1. The fourth-order valence-corrected chi connectivity index (χ4v) is 3.42. The highest BCUT2D eigenvalue weighted by Crippen LogP contribution is 2.39. The van der Waals surface area contributed by atoms with Gasteiger partial charge in [-0.1, -0.05) is 12.1 Å². The van der Waals surface area contributed by atoms with Gasteiger partial charge in [0.15, 0.2) is 0 Å². The maximum atomic E-state index is 12.4. The van der Waals surface area contributed by atoms with Crippen molar-refractivity contribution in [2.75, 3.05) is 6.54 Å². The molecule has 0 bridgehead atoms. The number of carbonyl (C=O) groups is 1. The molecule has 3 rings (SSSR count). The standard InChI is InChI=1S/C16H18N4O3S/c1-16(9-17,11-5-6-11)19-14(21)13-8-24-15(18-13)10-3-2-4-12(7-10)20(22)23/h2-4,7-8,11H,5-6,9,17H2,1H3,(H,19,21). The van der Waals surface area contributed by atoms with Crippen molar-refractivity contribution in [3.63, 3.8) is 0 Å². The van der Waals surface area contributed by atoms with Crippen LogP contribution in [0.3, 0.4) is 0 Å². The maximum Gasteiger partial charge on any atom is 0.271 e. The van der Waals surface area contributed by atoms with Crippen molar-refractivity contribution in [3.8, 4) is 10.6 Å². The van der Waals surface area contributed by atoms with E-state index in [1.807, 2.05) is 6.92 Å². The van der Waals surface area contributed by atoms with E-state index in [0.717, 1.165) is 12.8 Å². The molecule has 1 saturated carbocycles. The van der Waals surface area contributed by atoms with Gasteiger partial charge in [-0.2, -0.15) is 0 Å². The van der Waals surface area contributed by atoms with Crippen LogP contribution in [0.15, 0.2) is 29.6 Å². The van der Waals surface area contributed by atoms with Gasteiger partial charge in [-0.05, 0) is 25.7 Å². The first-order chi connectivity index (χ1) is 11.4. The summed E-state index contributed by atoms with van der Waals surface area (Å²) in [6.45, 7) is 2.34. The van der Waals surface area contributed by atoms with E-state index < -0.39 is 10.5 Å². The van der Waals surface area contributed by atoms with Gasteiger partial charge in [0, 0.05) is 29.6 Å². The lowest BCUT2D eigenvalue weighted by Gasteiger charge is -2.29. The van der Waals surface area contributed by atoms with E-state index in [-0.39, 0.29) is 11.6 Å². The van der Waals surface area contributed by atoms with Crippen LogP contribution >= 0.6 is 11.3 Å². The third-order valence-electron chi connectivity index (χ3n) is 4.34. The van der Waals surface area contributed by atoms with Crippen LogP contribution in [0.1, 0.15) is 30.3 Å². The third kappa shape index (κ3) is 3.29. The maximum absolute atomic E-state index is 12.4. The average molecular weight is 346 g/mol. The number of rotatable bonds is 6. The Labute approximate surface area is 143 Å². The predicted molar refractivity (Wildman–Crippen MR) is 91.9 cm³/mol. The second-order valence-corrected chi connectivity index (χ2v) is 7.05. The van der Waals surface area contributed by atoms with Crippen molar-refractivity contribution in [1.82, 2.24) is 10.3 Å². The molecule has 1 aromatic carbocycles. The van der Waals surface area contributed by atoms with E-state index in [9.17, 15) is 14.9 Å². The zero-order valence-corrected chi connectivity index (χ0v) is 14.0. The molecular weight excluding hydrogens is 328 g/mol. The highest BCUT2D eigenvalue weighted by Gasteiger charge is 2.41. The minimum atomic E-state index is -0.451. The van der Waals surface area contributed by atoms with Crippen molar-refractivity contribution in [3.05, 3.63) is 45.5 Å². The van der Waals surface area contributed by atoms with Crippen LogP contribution < -0.4 is 11.1 Å². The predicted octanol–water partition coefficient (Wildman–Crippen LogP) is 2.58. The molecule has 1 heterocycles. The Hall–Kier alpha value is -2.32. The number of nitrogens with one attached hydrogen (secondary N) is 1. The summed E-state index contributed by atoms with van der Waals surface area (Å²) < 4.78 is 0. The Morgan fingerprint density at radius 2 is 2.29 bits per heavy atom. The van der Waals surface area contributed by atoms with E-state index in [4.69, 9.17) is 5.73 Å². The van der Waals surface area contributed by atoms with Crippen molar-refractivity contribution in [2.45, 2.75) is 25.3 Å². The average Bonchev–Trinajstić information content (AvgIpc) is 3.32. The summed E-state index contributed by atoms with van der Waals surface area (Å²) in [6, 6.07) is 6.22. The SMILES string of the molecule is CC(CN)(NC(=O)c1csc(-c2cccc([N+](=O)[O-])c2)n1)C1CC1. The number of nitrogens with zero attached hydrogens (tertiary/aromatic N) is 2. The van der Waals surface area contributed by atoms with Gasteiger partial charge in [-0.15, -0.1) is 11.3 Å². The van der Waals surface area contributed by atoms with Crippen molar-refractivity contribution < 1.29 is 9.72 Å². The summed E-state index contributed by atoms with van der Waals surface area (Å²) in [5.41, 5.74) is 6.34. The zero-order chi connectivity index (χ0) is 17.3. The Balaban J connectivity index is 1.79. The molecule has 126 valence electrons. The Bertz CT molecular complexity index is 787. The number of hydrogen-bond donors (Lipinski definition) is 2. The smallest absolute Gasteiger partial charge is 0.271 e. The van der Waals surface area contributed by atoms with Gasteiger partial charge >= 0.3 is 0 Å². The van der Waals surface area contributed by atoms with Crippen LogP contribution in [0.4, 0.5) is 5.69 Å². The van der Waals surface area contributed by atoms with Crippen LogP contribution in [0.2, 0.25) is 0 Å². The third-order valence-corrected chi connectivity index (χ3v) is 5.23. The van der Waals surface area contributed by atoms with Crippen molar-refractivity contribution >= 4 is 22.9 Å². The second kappa shape index (κ2) is 6.29. The first-order valence-corrected chi connectivity index (χ1v) is 8.54. The van der Waals surface area contributed by atoms with Crippen LogP contribution in [-0.4, -0.2) is 27.9 Å². The molecule has 1 unspecified atom stereocenters. The number of nitro groups is 1. The number of nitrogens with two attached hydrogens (primary N) is 1. The fourth-order valence-electron chi connectivity index (χ4n) is 2.63. The number of nitro benzene ring substituents is 1. The molecule has 1 aliphatic carbocycles. The summed E-state index contributed by atoms with van der Waals surface area (Å²) in [5, 5.41) is 16.1. The van der Waals surface area contributed by atoms with E-state index in [1.54, 1.807) is 17.5 Å². The molecule has 2 aromatic rings. The van der Waals surface area contributed by atoms with Gasteiger partial charge in [0.25, 0.3) is 11.6 Å². The molecule has 1 amide bonds. The van der Waals surface area contributed by atoms with Gasteiger partial charge in [0.2, 0.25) is 0 Å². The summed E-state index contributed by atoms with van der Waals surface area (Å²) in [4.78, 5) is 27.2. The summed E-state index contributed by atoms with van der Waals surface area (Å²) in [7, 11) is 0. The first-order valence-electron chi connectivity index (χ1n) is 7.66. The lowest BCUT2D eigenvalue weighted by Crippen LogP contribution is -2.53. The lowest BCUT2D eigenvalue weighted by atomic mass is 9.96. The van der Waals surface area contributed by atoms with Crippen LogP contribution in [0.5, 0.6) is 0 Å². The topological polar surface area (TPSA) is 111 Å². The molecule has 0 saturated heterocycles. The number of aromatic nitrogens is 1. The molecule has 8 heteroatoms. The Morgan fingerprint density at radius 3 is 2.92 bits per heavy atom. The van der Waals surface area contributed by atoms with Crippen LogP contribution in [0.25, 0.3) is 10.6 Å². The van der Waals surface area contributed by atoms with E-state index in [0.29, 0.717) is 28.7 Å². The molecule has 3 N–H and O–H groups in total. The van der Waals surface area contributed by atoms with Crippen molar-refractivity contribution in [1.29, 1.82) is 0 Å². The molecule has 1 atom stereocenters. The first kappa shape index (κ1) is 16.5. The van der Waals surface area contributed by atoms with E-state index >= 15 is 0 Å². The Morgan fingerprint density at radius 1 is 1.54 bits per heavy atom. The highest BCUT2D eigenvalue weighted by atomic mass is 32.1. The van der Waals surface area contributed by atoms with Gasteiger partial charge in [-0.3, -0.25) is 14.9 Å². The van der Waals surface area contributed by atoms with E-state index in [2.05, 4.69) is 10.3 Å². The Kier molecular flexibility index (Phi) is 4.33. The minimum absolute atomic E-state index is 0.00172. The quantitative estimate of drug-likeness (QED) is 0.617. The molecule has 0 aliphatic heterocycles. The highest BCUT2D eigenvalue weighted by molar-refractivity contribution is 7.13. The fraction of sp³-hybridized carbons (Fsp3) is 0.375. The number of amides is 1. The summed E-state index contributed by atoms with van der Waals surface area (Å²) >= 11 is 1.28. The molecule has 1 aromatic heterocycles. The van der Waals surface area contributed by atoms with Gasteiger partial charge in [0.05, 0.1) is 10.5 Å². The molecule has 7 nitrogen and oxygen atoms in total. The number of thiazole rings is 1. The minimum Gasteiger partial charge on any atom is -0.344 e. The van der Waals surface area contributed by atoms with Crippen LogP contribution in [-0.2, 0) is 0 Å². The number of hydrogen-bond acceptors (Lipinski definition) is 6. The molecule has 0 radical (unpaired) electrons. The van der Waals surface area contributed by atoms with Crippen molar-refractivity contribution in [2.24, 2.45) is 11.7 Å². The largest absolute Gasteiger partial charge is 0.344 e. The summed E-state index contributed by atoms with van der Waals surface area (Å²) in [6.07, 6.45) is 2.15. The normalized spacial score (nSPS) is 16.4. The zero-order valence-electron chi connectivity index (χ0n) is 13.2. The van der Waals surface area contributed by atoms with Gasteiger partial charge in [-0.25, -0.2) is 4.98 Å². The second-order valence-electron chi connectivity index (χ2n) is 6.20. The molecule has 0 spiro atoms. The molecule has 1 fully saturated rings. The molecular formula is C16H18N4O3S. The number of benzene rings is 1. The molecule has 24 heavy (non-hydrogen) atoms. The molecule has 1 aliphatic rings. The summed E-state index contributed by atoms with van der Waals surface area (Å²) in [5.74, 6) is 0.157. The van der Waals surface area contributed by atoms with Gasteiger partial charge in [0.1, 0.15) is 10.7 Å². The number of carbonyl (C=O) groups excluding carboxylic acids is 1.